The molecule has 3 heterocycles. The number of fused-ring (bicyclic) bond motifs is 2. The lowest BCUT2D eigenvalue weighted by atomic mass is 10.1. The maximum Gasteiger partial charge on any atom is 0.222 e. The van der Waals surface area contributed by atoms with Crippen molar-refractivity contribution in [2.75, 3.05) is 38.0 Å². The van der Waals surface area contributed by atoms with Crippen molar-refractivity contribution in [3.63, 3.8) is 0 Å². The molecule has 0 amide bonds. The summed E-state index contributed by atoms with van der Waals surface area (Å²) in [4.78, 5) is 8.84. The molecule has 5 N–H and O–H groups in total. The third-order valence-corrected chi connectivity index (χ3v) is 7.13. The van der Waals surface area contributed by atoms with Crippen molar-refractivity contribution in [1.82, 2.24) is 25.1 Å². The first kappa shape index (κ1) is 23.8. The van der Waals surface area contributed by atoms with Crippen LogP contribution in [0, 0.1) is 11.8 Å². The van der Waals surface area contributed by atoms with Crippen LogP contribution < -0.4 is 21.1 Å². The molecular formula is C25H35N7O3. The summed E-state index contributed by atoms with van der Waals surface area (Å²) >= 11 is 0. The van der Waals surface area contributed by atoms with E-state index in [0.717, 1.165) is 49.4 Å². The number of anilines is 2. The summed E-state index contributed by atoms with van der Waals surface area (Å²) in [6.45, 7) is 5.31. The van der Waals surface area contributed by atoms with Crippen LogP contribution in [0.15, 0.2) is 24.4 Å². The number of aromatic nitrogens is 4. The second kappa shape index (κ2) is 10.3. The molecule has 1 aromatic carbocycles. The minimum Gasteiger partial charge on any atom is -0.496 e. The molecule has 1 saturated carbocycles. The molecule has 2 fully saturated rings. The molecule has 3 aromatic rings. The van der Waals surface area contributed by atoms with Crippen LogP contribution in [0.2, 0.25) is 0 Å². The number of aliphatic hydroxyl groups excluding tert-OH is 1. The van der Waals surface area contributed by atoms with Gasteiger partial charge in [-0.2, -0.15) is 10.1 Å². The van der Waals surface area contributed by atoms with Crippen LogP contribution in [0.4, 0.5) is 11.8 Å². The van der Waals surface area contributed by atoms with Gasteiger partial charge in [-0.05, 0) is 24.5 Å². The standard InChI is InChI=1S/C25H35N7O3/c1-3-4-17(7-8-33)29-24-23-20(30-25(26)31-24)11-28-32(23)12-16-6-5-15(9-21(16)34-2)10-27-22-18-13-35-14-19(18)22/h5-6,9,11,17-19,22,27,33H,3-4,7-8,10,12-14H2,1-2H3,(H3,26,29,30,31)/t17-,18-,19+,22?/m0/s1. The maximum absolute atomic E-state index is 9.47. The Bertz CT molecular complexity index is 1150. The van der Waals surface area contributed by atoms with Gasteiger partial charge in [0.05, 0.1) is 33.1 Å². The number of methoxy groups -OCH3 is 1. The van der Waals surface area contributed by atoms with E-state index < -0.39 is 0 Å². The fourth-order valence-corrected chi connectivity index (χ4v) is 5.19. The second-order valence-corrected chi connectivity index (χ2v) is 9.53. The Hall–Kier alpha value is -2.95. The Labute approximate surface area is 205 Å². The van der Waals surface area contributed by atoms with Gasteiger partial charge in [-0.1, -0.05) is 25.5 Å². The molecule has 0 bridgehead atoms. The highest BCUT2D eigenvalue weighted by Gasteiger charge is 2.53. The van der Waals surface area contributed by atoms with Gasteiger partial charge < -0.3 is 30.9 Å². The lowest BCUT2D eigenvalue weighted by Gasteiger charge is -2.19. The topological polar surface area (TPSA) is 132 Å². The van der Waals surface area contributed by atoms with Gasteiger partial charge in [0.1, 0.15) is 16.8 Å². The van der Waals surface area contributed by atoms with Crippen LogP contribution >= 0.6 is 0 Å². The number of nitrogen functional groups attached to an aromatic ring is 1. The van der Waals surface area contributed by atoms with E-state index >= 15 is 0 Å². The molecule has 1 aliphatic carbocycles. The van der Waals surface area contributed by atoms with Gasteiger partial charge in [-0.25, -0.2) is 4.98 Å². The first-order chi connectivity index (χ1) is 17.1. The van der Waals surface area contributed by atoms with Gasteiger partial charge in [0.15, 0.2) is 5.82 Å². The third kappa shape index (κ3) is 5.05. The van der Waals surface area contributed by atoms with E-state index in [4.69, 9.17) is 15.2 Å². The van der Waals surface area contributed by atoms with Crippen LogP contribution in [0.3, 0.4) is 0 Å². The highest BCUT2D eigenvalue weighted by atomic mass is 16.5. The van der Waals surface area contributed by atoms with Crippen molar-refractivity contribution >= 4 is 22.8 Å². The maximum atomic E-state index is 9.47. The van der Waals surface area contributed by atoms with E-state index in [-0.39, 0.29) is 18.6 Å². The zero-order valence-corrected chi connectivity index (χ0v) is 20.4. The van der Waals surface area contributed by atoms with Gasteiger partial charge in [-0.15, -0.1) is 0 Å². The Morgan fingerprint density at radius 3 is 2.83 bits per heavy atom. The Morgan fingerprint density at radius 1 is 1.26 bits per heavy atom. The number of nitrogens with zero attached hydrogens (tertiary/aromatic N) is 4. The molecule has 2 aromatic heterocycles. The summed E-state index contributed by atoms with van der Waals surface area (Å²) in [5.41, 5.74) is 9.64. The monoisotopic (exact) mass is 481 g/mol. The fraction of sp³-hybridized carbons (Fsp3) is 0.560. The Balaban J connectivity index is 1.35. The van der Waals surface area contributed by atoms with Gasteiger partial charge in [0.25, 0.3) is 0 Å². The van der Waals surface area contributed by atoms with Gasteiger partial charge in [0.2, 0.25) is 5.95 Å². The molecule has 188 valence electrons. The number of hydrogen-bond acceptors (Lipinski definition) is 9. The van der Waals surface area contributed by atoms with Crippen LogP contribution in [0.25, 0.3) is 11.0 Å². The average molecular weight is 482 g/mol. The average Bonchev–Trinajstić information content (AvgIpc) is 3.15. The number of rotatable bonds is 12. The predicted octanol–water partition coefficient (Wildman–Crippen LogP) is 2.16. The normalized spacial score (nSPS) is 21.7. The molecule has 5 rings (SSSR count). The number of benzene rings is 1. The largest absolute Gasteiger partial charge is 0.496 e. The van der Waals surface area contributed by atoms with E-state index in [0.29, 0.717) is 42.2 Å². The van der Waals surface area contributed by atoms with Crippen LogP contribution in [0.5, 0.6) is 5.75 Å². The van der Waals surface area contributed by atoms with Crippen LogP contribution in [-0.2, 0) is 17.8 Å². The van der Waals surface area contributed by atoms with Crippen molar-refractivity contribution in [3.8, 4) is 5.75 Å². The van der Waals surface area contributed by atoms with E-state index in [9.17, 15) is 5.11 Å². The molecule has 35 heavy (non-hydrogen) atoms. The molecular weight excluding hydrogens is 446 g/mol. The van der Waals surface area contributed by atoms with Crippen molar-refractivity contribution in [1.29, 1.82) is 0 Å². The summed E-state index contributed by atoms with van der Waals surface area (Å²) in [5, 5.41) is 21.2. The number of hydrogen-bond donors (Lipinski definition) is 4. The Kier molecular flexibility index (Phi) is 7.03. The lowest BCUT2D eigenvalue weighted by molar-refractivity contribution is 0.156. The molecule has 4 atom stereocenters. The van der Waals surface area contributed by atoms with Crippen molar-refractivity contribution in [3.05, 3.63) is 35.5 Å². The van der Waals surface area contributed by atoms with Crippen LogP contribution in [0.1, 0.15) is 37.3 Å². The molecule has 0 spiro atoms. The van der Waals surface area contributed by atoms with Crippen LogP contribution in [-0.4, -0.2) is 63.9 Å². The zero-order chi connectivity index (χ0) is 24.4. The van der Waals surface area contributed by atoms with E-state index in [2.05, 4.69) is 50.8 Å². The van der Waals surface area contributed by atoms with E-state index in [1.807, 2.05) is 4.68 Å². The quantitative estimate of drug-likeness (QED) is 0.307. The van der Waals surface area contributed by atoms with Crippen molar-refractivity contribution in [2.24, 2.45) is 11.8 Å². The highest BCUT2D eigenvalue weighted by molar-refractivity contribution is 5.86. The smallest absolute Gasteiger partial charge is 0.222 e. The molecule has 10 nitrogen and oxygen atoms in total. The van der Waals surface area contributed by atoms with Gasteiger partial charge >= 0.3 is 0 Å². The molecule has 10 heteroatoms. The fourth-order valence-electron chi connectivity index (χ4n) is 5.19. The van der Waals surface area contributed by atoms with E-state index in [1.165, 1.54) is 5.56 Å². The Morgan fingerprint density at radius 2 is 2.09 bits per heavy atom. The summed E-state index contributed by atoms with van der Waals surface area (Å²) in [7, 11) is 1.70. The molecule has 0 radical (unpaired) electrons. The molecule has 1 saturated heterocycles. The lowest BCUT2D eigenvalue weighted by Crippen LogP contribution is -2.22. The zero-order valence-electron chi connectivity index (χ0n) is 20.4. The minimum absolute atomic E-state index is 0.0877. The van der Waals surface area contributed by atoms with E-state index in [1.54, 1.807) is 13.3 Å². The molecule has 1 unspecified atom stereocenters. The summed E-state index contributed by atoms with van der Waals surface area (Å²) in [6, 6.07) is 6.99. The highest BCUT2D eigenvalue weighted by Crippen LogP contribution is 2.44. The van der Waals surface area contributed by atoms with Gasteiger partial charge in [0, 0.05) is 42.6 Å². The number of nitrogens with one attached hydrogen (secondary N) is 2. The first-order valence-corrected chi connectivity index (χ1v) is 12.4. The number of nitrogens with two attached hydrogens (primary N) is 1. The predicted molar refractivity (Wildman–Crippen MR) is 134 cm³/mol. The summed E-state index contributed by atoms with van der Waals surface area (Å²) in [6.07, 6.45) is 4.25. The van der Waals surface area contributed by atoms with Crippen molar-refractivity contribution < 1.29 is 14.6 Å². The number of ether oxygens (including phenoxy) is 2. The molecule has 2 aliphatic rings. The van der Waals surface area contributed by atoms with Crippen molar-refractivity contribution in [2.45, 2.75) is 51.4 Å². The minimum atomic E-state index is 0.0877. The van der Waals surface area contributed by atoms with Gasteiger partial charge in [-0.3, -0.25) is 4.68 Å². The summed E-state index contributed by atoms with van der Waals surface area (Å²) < 4.78 is 13.1. The summed E-state index contributed by atoms with van der Waals surface area (Å²) in [5.74, 6) is 3.01. The number of aliphatic hydroxyl groups is 1. The second-order valence-electron chi connectivity index (χ2n) is 9.53. The molecule has 1 aliphatic heterocycles. The SMILES string of the molecule is CCC[C@@H](CCO)Nc1nc(N)nc2cnn(Cc3ccc(CNC4[C@H]5COC[C@@H]45)cc3OC)c12. The third-order valence-electron chi connectivity index (χ3n) is 7.13. The first-order valence-electron chi connectivity index (χ1n) is 12.4.